The van der Waals surface area contributed by atoms with Crippen molar-refractivity contribution < 1.29 is 0 Å². The maximum absolute atomic E-state index is 4.56. The highest BCUT2D eigenvalue weighted by molar-refractivity contribution is 5.20. The predicted octanol–water partition coefficient (Wildman–Crippen LogP) is 2.22. The normalized spacial score (nSPS) is 13.8. The van der Waals surface area contributed by atoms with Crippen molar-refractivity contribution in [2.24, 2.45) is 13.0 Å². The summed E-state index contributed by atoms with van der Waals surface area (Å²) in [6.07, 6.45) is 2.13. The van der Waals surface area contributed by atoms with Crippen LogP contribution in [0.4, 0.5) is 0 Å². The molecule has 1 rings (SSSR count). The molecule has 0 aromatic carbocycles. The van der Waals surface area contributed by atoms with Crippen molar-refractivity contribution in [3.63, 3.8) is 0 Å². The van der Waals surface area contributed by atoms with Crippen molar-refractivity contribution in [1.29, 1.82) is 0 Å². The molecule has 0 radical (unpaired) electrons. The van der Waals surface area contributed by atoms with Crippen LogP contribution in [0, 0.1) is 5.92 Å². The molecule has 0 saturated heterocycles. The first-order valence-corrected chi connectivity index (χ1v) is 7.21. The third-order valence-corrected chi connectivity index (χ3v) is 3.41. The van der Waals surface area contributed by atoms with E-state index in [1.165, 1.54) is 11.3 Å². The van der Waals surface area contributed by atoms with Gasteiger partial charge in [-0.05, 0) is 25.9 Å². The zero-order valence-electron chi connectivity index (χ0n) is 13.6. The molecule has 1 aromatic rings. The fourth-order valence-corrected chi connectivity index (χ4v) is 2.32. The van der Waals surface area contributed by atoms with Gasteiger partial charge >= 0.3 is 0 Å². The molecule has 0 spiro atoms. The van der Waals surface area contributed by atoms with E-state index >= 15 is 0 Å². The second-order valence-corrected chi connectivity index (χ2v) is 6.36. The molecule has 19 heavy (non-hydrogen) atoms. The maximum atomic E-state index is 4.56. The predicted molar refractivity (Wildman–Crippen MR) is 81.3 cm³/mol. The maximum Gasteiger partial charge on any atom is 0.0694 e. The van der Waals surface area contributed by atoms with Crippen molar-refractivity contribution in [3.05, 3.63) is 17.5 Å². The minimum absolute atomic E-state index is 0.476. The molecule has 1 unspecified atom stereocenters. The number of aromatic nitrogens is 2. The quantitative estimate of drug-likeness (QED) is 0.821. The van der Waals surface area contributed by atoms with Gasteiger partial charge in [-0.25, -0.2) is 0 Å². The fourth-order valence-electron chi connectivity index (χ4n) is 2.32. The van der Waals surface area contributed by atoms with E-state index in [-0.39, 0.29) is 0 Å². The van der Waals surface area contributed by atoms with E-state index in [4.69, 9.17) is 0 Å². The van der Waals surface area contributed by atoms with Crippen LogP contribution >= 0.6 is 0 Å². The molecule has 1 N–H and O–H groups in total. The van der Waals surface area contributed by atoms with Crippen molar-refractivity contribution in [3.8, 4) is 0 Å². The molecule has 0 bridgehead atoms. The lowest BCUT2D eigenvalue weighted by Gasteiger charge is -2.25. The van der Waals surface area contributed by atoms with E-state index in [1.807, 2.05) is 11.7 Å². The third kappa shape index (κ3) is 4.96. The van der Waals surface area contributed by atoms with Gasteiger partial charge in [0.15, 0.2) is 0 Å². The number of likely N-dealkylation sites (N-methyl/N-ethyl adjacent to an activating group) is 1. The molecule has 110 valence electrons. The highest BCUT2D eigenvalue weighted by Gasteiger charge is 2.16. The largest absolute Gasteiger partial charge is 0.308 e. The number of nitrogens with zero attached hydrogens (tertiary/aromatic N) is 3. The summed E-state index contributed by atoms with van der Waals surface area (Å²) in [5, 5.41) is 8.24. The van der Waals surface area contributed by atoms with Gasteiger partial charge in [0.2, 0.25) is 0 Å². The molecule has 4 nitrogen and oxygen atoms in total. The molecule has 0 aliphatic rings. The van der Waals surface area contributed by atoms with Gasteiger partial charge in [0.1, 0.15) is 0 Å². The second kappa shape index (κ2) is 7.06. The summed E-state index contributed by atoms with van der Waals surface area (Å²) in [7, 11) is 6.25. The monoisotopic (exact) mass is 266 g/mol. The average molecular weight is 266 g/mol. The van der Waals surface area contributed by atoms with E-state index < -0.39 is 0 Å². The molecule has 0 saturated carbocycles. The van der Waals surface area contributed by atoms with E-state index in [0.29, 0.717) is 17.9 Å². The lowest BCUT2D eigenvalue weighted by Crippen LogP contribution is -2.41. The molecule has 4 heteroatoms. The molecule has 1 atom stereocenters. The van der Waals surface area contributed by atoms with Gasteiger partial charge in [-0.15, -0.1) is 0 Å². The van der Waals surface area contributed by atoms with Crippen molar-refractivity contribution in [1.82, 2.24) is 20.0 Å². The van der Waals surface area contributed by atoms with Gasteiger partial charge in [-0.1, -0.05) is 27.7 Å². The lowest BCUT2D eigenvalue weighted by molar-refractivity contribution is 0.288. The SMILES string of the molecule is CC(C)c1nn(C)cc1CNC(CN(C)C)C(C)C. The van der Waals surface area contributed by atoms with E-state index in [9.17, 15) is 0 Å². The van der Waals surface area contributed by atoms with Crippen molar-refractivity contribution in [2.45, 2.75) is 46.2 Å². The summed E-state index contributed by atoms with van der Waals surface area (Å²) >= 11 is 0. The van der Waals surface area contributed by atoms with Crippen molar-refractivity contribution in [2.75, 3.05) is 20.6 Å². The van der Waals surface area contributed by atoms with Crippen LogP contribution in [-0.2, 0) is 13.6 Å². The topological polar surface area (TPSA) is 33.1 Å². The molecular weight excluding hydrogens is 236 g/mol. The Morgan fingerprint density at radius 3 is 2.37 bits per heavy atom. The Morgan fingerprint density at radius 2 is 1.89 bits per heavy atom. The Bertz CT molecular complexity index is 379. The molecule has 0 amide bonds. The smallest absolute Gasteiger partial charge is 0.0694 e. The first-order chi connectivity index (χ1) is 8.81. The second-order valence-electron chi connectivity index (χ2n) is 6.36. The molecule has 1 heterocycles. The first-order valence-electron chi connectivity index (χ1n) is 7.21. The van der Waals surface area contributed by atoms with E-state index in [0.717, 1.165) is 13.1 Å². The van der Waals surface area contributed by atoms with Crippen LogP contribution in [0.3, 0.4) is 0 Å². The summed E-state index contributed by atoms with van der Waals surface area (Å²) < 4.78 is 1.92. The minimum Gasteiger partial charge on any atom is -0.308 e. The summed E-state index contributed by atoms with van der Waals surface area (Å²) in [5.74, 6) is 1.10. The molecular formula is C15H30N4. The van der Waals surface area contributed by atoms with Crippen LogP contribution in [0.1, 0.15) is 44.9 Å². The zero-order chi connectivity index (χ0) is 14.6. The van der Waals surface area contributed by atoms with Gasteiger partial charge in [-0.3, -0.25) is 4.68 Å². The zero-order valence-corrected chi connectivity index (χ0v) is 13.6. The van der Waals surface area contributed by atoms with Gasteiger partial charge in [0.25, 0.3) is 0 Å². The van der Waals surface area contributed by atoms with Crippen LogP contribution in [-0.4, -0.2) is 41.4 Å². The summed E-state index contributed by atoms with van der Waals surface area (Å²) in [5.41, 5.74) is 2.53. The number of aryl methyl sites for hydroxylation is 1. The van der Waals surface area contributed by atoms with Crippen LogP contribution in [0.25, 0.3) is 0 Å². The number of nitrogens with one attached hydrogen (secondary N) is 1. The van der Waals surface area contributed by atoms with Crippen LogP contribution in [0.2, 0.25) is 0 Å². The summed E-state index contributed by atoms with van der Waals surface area (Å²) in [4.78, 5) is 2.24. The molecule has 0 fully saturated rings. The highest BCUT2D eigenvalue weighted by Crippen LogP contribution is 2.17. The Labute approximate surface area is 118 Å². The van der Waals surface area contributed by atoms with Gasteiger partial charge in [0, 0.05) is 37.9 Å². The van der Waals surface area contributed by atoms with Crippen LogP contribution in [0.15, 0.2) is 6.20 Å². The van der Waals surface area contributed by atoms with Gasteiger partial charge < -0.3 is 10.2 Å². The fraction of sp³-hybridized carbons (Fsp3) is 0.800. The lowest BCUT2D eigenvalue weighted by atomic mass is 10.0. The Hall–Kier alpha value is -0.870. The Balaban J connectivity index is 2.68. The number of hydrogen-bond donors (Lipinski definition) is 1. The van der Waals surface area contributed by atoms with Crippen molar-refractivity contribution >= 4 is 0 Å². The molecule has 0 aliphatic heterocycles. The van der Waals surface area contributed by atoms with Crippen LogP contribution in [0.5, 0.6) is 0 Å². The van der Waals surface area contributed by atoms with E-state index in [1.54, 1.807) is 0 Å². The number of rotatable bonds is 7. The van der Waals surface area contributed by atoms with E-state index in [2.05, 4.69) is 63.3 Å². The minimum atomic E-state index is 0.476. The summed E-state index contributed by atoms with van der Waals surface area (Å²) in [6.45, 7) is 10.9. The average Bonchev–Trinajstić information content (AvgIpc) is 2.65. The van der Waals surface area contributed by atoms with Gasteiger partial charge in [-0.2, -0.15) is 5.10 Å². The third-order valence-electron chi connectivity index (χ3n) is 3.41. The molecule has 0 aliphatic carbocycles. The highest BCUT2D eigenvalue weighted by atomic mass is 15.3. The van der Waals surface area contributed by atoms with Crippen LogP contribution < -0.4 is 5.32 Å². The molecule has 1 aromatic heterocycles. The number of hydrogen-bond acceptors (Lipinski definition) is 3. The standard InChI is InChI=1S/C15H30N4/c1-11(2)14(10-18(5)6)16-8-13-9-19(7)17-15(13)12(3)4/h9,11-12,14,16H,8,10H2,1-7H3. The Morgan fingerprint density at radius 1 is 1.26 bits per heavy atom. The Kier molecular flexibility index (Phi) is 6.01. The first kappa shape index (κ1) is 16.2. The summed E-state index contributed by atoms with van der Waals surface area (Å²) in [6, 6.07) is 0.509. The van der Waals surface area contributed by atoms with Gasteiger partial charge in [0.05, 0.1) is 5.69 Å².